The monoisotopic (exact) mass is 399 g/mol. The van der Waals surface area contributed by atoms with Crippen LogP contribution in [0.1, 0.15) is 17.1 Å². The van der Waals surface area contributed by atoms with Crippen molar-refractivity contribution in [2.24, 2.45) is 0 Å². The maximum absolute atomic E-state index is 12.3. The van der Waals surface area contributed by atoms with E-state index in [4.69, 9.17) is 16.0 Å². The molecule has 0 unspecified atom stereocenters. The number of benzene rings is 1. The van der Waals surface area contributed by atoms with Crippen molar-refractivity contribution in [1.82, 2.24) is 14.3 Å². The molecule has 0 aliphatic rings. The van der Waals surface area contributed by atoms with Gasteiger partial charge in [-0.25, -0.2) is 4.98 Å². The fourth-order valence-corrected chi connectivity index (χ4v) is 4.03. The summed E-state index contributed by atoms with van der Waals surface area (Å²) in [6.07, 6.45) is 0. The van der Waals surface area contributed by atoms with Crippen LogP contribution in [-0.2, 0) is 13.1 Å². The van der Waals surface area contributed by atoms with E-state index in [1.165, 1.54) is 11.3 Å². The van der Waals surface area contributed by atoms with Crippen LogP contribution in [0.5, 0.6) is 0 Å². The van der Waals surface area contributed by atoms with Crippen LogP contribution in [0.25, 0.3) is 16.3 Å². The van der Waals surface area contributed by atoms with E-state index in [0.29, 0.717) is 18.1 Å². The SMILES string of the molecule is Cc1csc2nc(CN(C)Cc3ccc(-c4ccc(Cl)cc4)o3)cc(=O)n12. The molecule has 5 nitrogen and oxygen atoms in total. The number of fused-ring (bicyclic) bond motifs is 1. The highest BCUT2D eigenvalue weighted by Crippen LogP contribution is 2.24. The van der Waals surface area contributed by atoms with E-state index in [9.17, 15) is 4.79 Å². The van der Waals surface area contributed by atoms with Gasteiger partial charge in [-0.2, -0.15) is 0 Å². The van der Waals surface area contributed by atoms with E-state index in [2.05, 4.69) is 9.88 Å². The van der Waals surface area contributed by atoms with E-state index in [-0.39, 0.29) is 5.56 Å². The largest absolute Gasteiger partial charge is 0.460 e. The number of halogens is 1. The third kappa shape index (κ3) is 3.83. The zero-order valence-corrected chi connectivity index (χ0v) is 16.5. The van der Waals surface area contributed by atoms with Gasteiger partial charge >= 0.3 is 0 Å². The fraction of sp³-hybridized carbons (Fsp3) is 0.200. The summed E-state index contributed by atoms with van der Waals surface area (Å²) in [6.45, 7) is 3.10. The Labute approximate surface area is 165 Å². The Bertz CT molecular complexity index is 1140. The van der Waals surface area contributed by atoms with Gasteiger partial charge in [0.05, 0.1) is 12.2 Å². The van der Waals surface area contributed by atoms with E-state index in [0.717, 1.165) is 33.4 Å². The quantitative estimate of drug-likeness (QED) is 0.491. The van der Waals surface area contributed by atoms with E-state index in [1.807, 2.05) is 55.7 Å². The van der Waals surface area contributed by atoms with Crippen molar-refractivity contribution in [3.63, 3.8) is 0 Å². The number of aromatic nitrogens is 2. The lowest BCUT2D eigenvalue weighted by atomic mass is 10.2. The van der Waals surface area contributed by atoms with Crippen molar-refractivity contribution < 1.29 is 4.42 Å². The normalized spacial score (nSPS) is 11.6. The first-order chi connectivity index (χ1) is 13.0. The third-order valence-corrected chi connectivity index (χ3v) is 5.47. The zero-order valence-electron chi connectivity index (χ0n) is 15.0. The van der Waals surface area contributed by atoms with Crippen LogP contribution in [0.15, 0.2) is 57.1 Å². The Morgan fingerprint density at radius 2 is 1.96 bits per heavy atom. The van der Waals surface area contributed by atoms with Crippen molar-refractivity contribution in [3.05, 3.63) is 80.4 Å². The summed E-state index contributed by atoms with van der Waals surface area (Å²) in [7, 11) is 1.98. The molecule has 4 aromatic rings. The molecule has 0 aliphatic heterocycles. The minimum atomic E-state index is -0.0369. The van der Waals surface area contributed by atoms with Gasteiger partial charge < -0.3 is 4.42 Å². The van der Waals surface area contributed by atoms with Crippen LogP contribution in [0.3, 0.4) is 0 Å². The second-order valence-corrected chi connectivity index (χ2v) is 7.80. The molecule has 4 rings (SSSR count). The van der Waals surface area contributed by atoms with Crippen LogP contribution in [-0.4, -0.2) is 21.3 Å². The van der Waals surface area contributed by atoms with Crippen LogP contribution >= 0.6 is 22.9 Å². The number of aryl methyl sites for hydroxylation is 1. The Balaban J connectivity index is 1.47. The summed E-state index contributed by atoms with van der Waals surface area (Å²) in [6, 6.07) is 13.1. The molecule has 0 aliphatic carbocycles. The van der Waals surface area contributed by atoms with Crippen molar-refractivity contribution >= 4 is 27.9 Å². The summed E-state index contributed by atoms with van der Waals surface area (Å²) in [5, 5.41) is 2.64. The minimum absolute atomic E-state index is 0.0369. The third-order valence-electron chi connectivity index (χ3n) is 4.28. The summed E-state index contributed by atoms with van der Waals surface area (Å²) in [5.41, 5.74) is 2.62. The molecule has 3 heterocycles. The summed E-state index contributed by atoms with van der Waals surface area (Å²) < 4.78 is 7.58. The van der Waals surface area contributed by atoms with Gasteiger partial charge in [0.2, 0.25) is 0 Å². The molecule has 0 saturated carbocycles. The maximum atomic E-state index is 12.3. The average molecular weight is 400 g/mol. The predicted molar refractivity (Wildman–Crippen MR) is 108 cm³/mol. The molecule has 0 amide bonds. The maximum Gasteiger partial charge on any atom is 0.259 e. The van der Waals surface area contributed by atoms with Gasteiger partial charge in [-0.15, -0.1) is 11.3 Å². The molecule has 27 heavy (non-hydrogen) atoms. The van der Waals surface area contributed by atoms with Crippen LogP contribution < -0.4 is 5.56 Å². The first-order valence-corrected chi connectivity index (χ1v) is 9.75. The van der Waals surface area contributed by atoms with Gasteiger partial charge in [0.25, 0.3) is 5.56 Å². The van der Waals surface area contributed by atoms with Gasteiger partial charge in [0.15, 0.2) is 4.96 Å². The number of nitrogens with zero attached hydrogens (tertiary/aromatic N) is 3. The Morgan fingerprint density at radius 3 is 2.74 bits per heavy atom. The lowest BCUT2D eigenvalue weighted by molar-refractivity contribution is 0.286. The predicted octanol–water partition coefficient (Wildman–Crippen LogP) is 4.61. The molecule has 0 fully saturated rings. The second kappa shape index (κ2) is 7.31. The summed E-state index contributed by atoms with van der Waals surface area (Å²) in [4.78, 5) is 19.7. The molecular weight excluding hydrogens is 382 g/mol. The van der Waals surface area contributed by atoms with E-state index >= 15 is 0 Å². The molecule has 0 spiro atoms. The molecule has 7 heteroatoms. The fourth-order valence-electron chi connectivity index (χ4n) is 3.01. The molecule has 138 valence electrons. The van der Waals surface area contributed by atoms with Gasteiger partial charge in [0, 0.05) is 34.3 Å². The molecule has 0 atom stereocenters. The van der Waals surface area contributed by atoms with Gasteiger partial charge in [0.1, 0.15) is 11.5 Å². The van der Waals surface area contributed by atoms with Crippen molar-refractivity contribution in [3.8, 4) is 11.3 Å². The minimum Gasteiger partial charge on any atom is -0.460 e. The number of furan rings is 1. The second-order valence-electron chi connectivity index (χ2n) is 6.53. The number of hydrogen-bond donors (Lipinski definition) is 0. The first-order valence-electron chi connectivity index (χ1n) is 8.49. The summed E-state index contributed by atoms with van der Waals surface area (Å²) in [5.74, 6) is 1.66. The molecule has 0 bridgehead atoms. The average Bonchev–Trinajstić information content (AvgIpc) is 3.23. The van der Waals surface area contributed by atoms with Crippen LogP contribution in [0, 0.1) is 6.92 Å². The van der Waals surface area contributed by atoms with E-state index in [1.54, 1.807) is 10.5 Å². The molecule has 1 aromatic carbocycles. The Kier molecular flexibility index (Phi) is 4.86. The van der Waals surface area contributed by atoms with Crippen LogP contribution in [0.2, 0.25) is 5.02 Å². The topological polar surface area (TPSA) is 50.8 Å². The molecule has 0 N–H and O–H groups in total. The number of rotatable bonds is 5. The van der Waals surface area contributed by atoms with Gasteiger partial charge in [-0.05, 0) is 50.4 Å². The molecule has 0 saturated heterocycles. The molecular formula is C20H18ClN3O2S. The van der Waals surface area contributed by atoms with Gasteiger partial charge in [-0.1, -0.05) is 11.6 Å². The van der Waals surface area contributed by atoms with Crippen molar-refractivity contribution in [1.29, 1.82) is 0 Å². The van der Waals surface area contributed by atoms with E-state index < -0.39 is 0 Å². The smallest absolute Gasteiger partial charge is 0.259 e. The first kappa shape index (κ1) is 18.0. The Hall–Kier alpha value is -2.41. The highest BCUT2D eigenvalue weighted by Gasteiger charge is 2.11. The van der Waals surface area contributed by atoms with Crippen molar-refractivity contribution in [2.45, 2.75) is 20.0 Å². The molecule has 3 aromatic heterocycles. The zero-order chi connectivity index (χ0) is 19.0. The standard InChI is InChI=1S/C20H18ClN3O2S/c1-13-12-27-20-22-16(9-19(25)24(13)20)10-23(2)11-17-7-8-18(26-17)14-3-5-15(21)6-4-14/h3-9,12H,10-11H2,1-2H3. The van der Waals surface area contributed by atoms with Crippen molar-refractivity contribution in [2.75, 3.05) is 7.05 Å². The Morgan fingerprint density at radius 1 is 1.19 bits per heavy atom. The lowest BCUT2D eigenvalue weighted by Gasteiger charge is -2.14. The van der Waals surface area contributed by atoms with Gasteiger partial charge in [-0.3, -0.25) is 14.1 Å². The highest BCUT2D eigenvalue weighted by molar-refractivity contribution is 7.15. The number of hydrogen-bond acceptors (Lipinski definition) is 5. The number of thiazole rings is 1. The lowest BCUT2D eigenvalue weighted by Crippen LogP contribution is -2.21. The highest BCUT2D eigenvalue weighted by atomic mass is 35.5. The van der Waals surface area contributed by atoms with Crippen LogP contribution in [0.4, 0.5) is 0 Å². The summed E-state index contributed by atoms with van der Waals surface area (Å²) >= 11 is 7.41. The molecule has 0 radical (unpaired) electrons.